The minimum absolute atomic E-state index is 0.148. The Bertz CT molecular complexity index is 1140. The van der Waals surface area contributed by atoms with Crippen molar-refractivity contribution in [1.82, 2.24) is 9.97 Å². The molecule has 28 heavy (non-hydrogen) atoms. The first-order chi connectivity index (χ1) is 13.4. The van der Waals surface area contributed by atoms with E-state index < -0.39 is 11.7 Å². The number of aromatic hydroxyl groups is 1. The maximum Gasteiger partial charge on any atom is 0.416 e. The highest BCUT2D eigenvalue weighted by molar-refractivity contribution is 5.96. The van der Waals surface area contributed by atoms with E-state index in [1.54, 1.807) is 18.2 Å². The van der Waals surface area contributed by atoms with Gasteiger partial charge in [-0.2, -0.15) is 13.2 Å². The lowest BCUT2D eigenvalue weighted by Crippen LogP contribution is -2.04. The largest absolute Gasteiger partial charge is 0.508 e. The highest BCUT2D eigenvalue weighted by Gasteiger charge is 2.30. The van der Waals surface area contributed by atoms with Crippen LogP contribution in [0.5, 0.6) is 5.75 Å². The summed E-state index contributed by atoms with van der Waals surface area (Å²) in [5.74, 6) is 0.635. The molecule has 0 aliphatic heterocycles. The molecule has 4 aromatic rings. The molecule has 0 atom stereocenters. The summed E-state index contributed by atoms with van der Waals surface area (Å²) >= 11 is 0. The third-order valence-electron chi connectivity index (χ3n) is 4.30. The number of fused-ring (bicyclic) bond motifs is 1. The summed E-state index contributed by atoms with van der Waals surface area (Å²) < 4.78 is 38.2. The van der Waals surface area contributed by atoms with Crippen LogP contribution in [0, 0.1) is 0 Å². The molecular formula is C21H14F3N3O. The minimum atomic E-state index is -4.38. The van der Waals surface area contributed by atoms with Crippen LogP contribution in [-0.4, -0.2) is 15.1 Å². The van der Waals surface area contributed by atoms with E-state index in [0.29, 0.717) is 17.1 Å². The van der Waals surface area contributed by atoms with Crippen molar-refractivity contribution in [2.24, 2.45) is 0 Å². The van der Waals surface area contributed by atoms with Crippen LogP contribution in [0.25, 0.3) is 22.0 Å². The van der Waals surface area contributed by atoms with Crippen molar-refractivity contribution in [3.05, 3.63) is 78.6 Å². The Morgan fingerprint density at radius 1 is 0.857 bits per heavy atom. The molecule has 0 spiro atoms. The van der Waals surface area contributed by atoms with Gasteiger partial charge in [-0.1, -0.05) is 30.3 Å². The Hall–Kier alpha value is -3.61. The van der Waals surface area contributed by atoms with E-state index in [9.17, 15) is 18.3 Å². The van der Waals surface area contributed by atoms with Crippen molar-refractivity contribution in [1.29, 1.82) is 0 Å². The molecule has 0 aliphatic carbocycles. The number of rotatable bonds is 3. The zero-order valence-corrected chi connectivity index (χ0v) is 14.4. The lowest BCUT2D eigenvalue weighted by molar-refractivity contribution is -0.137. The van der Waals surface area contributed by atoms with Crippen molar-refractivity contribution < 1.29 is 18.3 Å². The molecule has 0 saturated carbocycles. The van der Waals surface area contributed by atoms with Crippen molar-refractivity contribution in [2.45, 2.75) is 6.18 Å². The number of aromatic nitrogens is 2. The van der Waals surface area contributed by atoms with Crippen molar-refractivity contribution in [2.75, 3.05) is 5.32 Å². The summed E-state index contributed by atoms with van der Waals surface area (Å²) in [7, 11) is 0. The zero-order chi connectivity index (χ0) is 19.7. The number of benzene rings is 3. The Morgan fingerprint density at radius 3 is 2.39 bits per heavy atom. The monoisotopic (exact) mass is 381 g/mol. The number of alkyl halides is 3. The molecule has 0 radical (unpaired) electrons. The molecule has 3 aromatic carbocycles. The van der Waals surface area contributed by atoms with E-state index in [2.05, 4.69) is 15.3 Å². The van der Waals surface area contributed by atoms with Gasteiger partial charge < -0.3 is 10.4 Å². The number of hydrogen-bond acceptors (Lipinski definition) is 4. The van der Waals surface area contributed by atoms with E-state index in [1.807, 2.05) is 24.3 Å². The molecular weight excluding hydrogens is 367 g/mol. The number of phenolic OH excluding ortho intramolecular Hbond substituents is 1. The number of nitrogens with zero attached hydrogens (tertiary/aromatic N) is 2. The molecule has 7 heteroatoms. The average Bonchev–Trinajstić information content (AvgIpc) is 2.68. The van der Waals surface area contributed by atoms with Gasteiger partial charge in [0.15, 0.2) is 0 Å². The summed E-state index contributed by atoms with van der Waals surface area (Å²) in [6, 6.07) is 17.2. The van der Waals surface area contributed by atoms with E-state index in [1.165, 1.54) is 18.5 Å². The molecule has 0 bridgehead atoms. The summed E-state index contributed by atoms with van der Waals surface area (Å²) in [6.07, 6.45) is -3.03. The van der Waals surface area contributed by atoms with Gasteiger partial charge in [-0.25, -0.2) is 9.97 Å². The third kappa shape index (κ3) is 3.59. The predicted octanol–water partition coefficient (Wildman–Crippen LogP) is 5.76. The molecule has 1 heterocycles. The fraction of sp³-hybridized carbons (Fsp3) is 0.0476. The van der Waals surface area contributed by atoms with Crippen LogP contribution in [0.4, 0.5) is 24.7 Å². The molecule has 1 aromatic heterocycles. The van der Waals surface area contributed by atoms with Crippen LogP contribution < -0.4 is 5.32 Å². The van der Waals surface area contributed by atoms with E-state index in [-0.39, 0.29) is 5.75 Å². The van der Waals surface area contributed by atoms with Gasteiger partial charge in [0.2, 0.25) is 0 Å². The van der Waals surface area contributed by atoms with Crippen molar-refractivity contribution in [3.8, 4) is 17.0 Å². The first kappa shape index (κ1) is 17.8. The van der Waals surface area contributed by atoms with Gasteiger partial charge in [-0.3, -0.25) is 0 Å². The van der Waals surface area contributed by atoms with Crippen LogP contribution in [0.15, 0.2) is 73.1 Å². The van der Waals surface area contributed by atoms with Crippen LogP contribution in [0.1, 0.15) is 5.56 Å². The van der Waals surface area contributed by atoms with E-state index >= 15 is 0 Å². The van der Waals surface area contributed by atoms with Crippen molar-refractivity contribution in [3.63, 3.8) is 0 Å². The lowest BCUT2D eigenvalue weighted by atomic mass is 10.1. The molecule has 0 amide bonds. The minimum Gasteiger partial charge on any atom is -0.508 e. The number of halogens is 3. The lowest BCUT2D eigenvalue weighted by Gasteiger charge is -2.11. The summed E-state index contributed by atoms with van der Waals surface area (Å²) in [5, 5.41) is 14.7. The zero-order valence-electron chi connectivity index (χ0n) is 14.4. The molecule has 4 nitrogen and oxygen atoms in total. The molecule has 0 saturated heterocycles. The average molecular weight is 381 g/mol. The highest BCUT2D eigenvalue weighted by atomic mass is 19.4. The molecule has 0 fully saturated rings. The fourth-order valence-electron chi connectivity index (χ4n) is 2.92. The van der Waals surface area contributed by atoms with Crippen LogP contribution >= 0.6 is 0 Å². The smallest absolute Gasteiger partial charge is 0.416 e. The second-order valence-corrected chi connectivity index (χ2v) is 6.20. The van der Waals surface area contributed by atoms with Gasteiger partial charge in [-0.05, 0) is 35.7 Å². The van der Waals surface area contributed by atoms with Gasteiger partial charge >= 0.3 is 6.18 Å². The normalized spacial score (nSPS) is 11.5. The van der Waals surface area contributed by atoms with Crippen LogP contribution in [-0.2, 0) is 6.18 Å². The molecule has 140 valence electrons. The van der Waals surface area contributed by atoms with Gasteiger partial charge in [0.05, 0.1) is 11.3 Å². The number of nitrogens with one attached hydrogen (secondary N) is 1. The molecule has 4 rings (SSSR count). The Balaban J connectivity index is 1.66. The van der Waals surface area contributed by atoms with Crippen LogP contribution in [0.3, 0.4) is 0 Å². The van der Waals surface area contributed by atoms with Crippen LogP contribution in [0.2, 0.25) is 0 Å². The quantitative estimate of drug-likeness (QED) is 0.473. The summed E-state index contributed by atoms with van der Waals surface area (Å²) in [6.45, 7) is 0. The second-order valence-electron chi connectivity index (χ2n) is 6.20. The standard InChI is InChI=1S/C21H14F3N3O/c22-21(23,24)15-7-4-14(5-8-15)19-11-20(26-12-25-19)27-18-3-1-2-13-6-9-16(28)10-17(13)18/h1-12,28H,(H,25,26,27). The van der Waals surface area contributed by atoms with E-state index in [0.717, 1.165) is 28.6 Å². The van der Waals surface area contributed by atoms with E-state index in [4.69, 9.17) is 0 Å². The third-order valence-corrected chi connectivity index (χ3v) is 4.30. The SMILES string of the molecule is Oc1ccc2cccc(Nc3cc(-c4ccc(C(F)(F)F)cc4)ncn3)c2c1. The first-order valence-electron chi connectivity index (χ1n) is 8.38. The topological polar surface area (TPSA) is 58.0 Å². The van der Waals surface area contributed by atoms with Gasteiger partial charge in [0, 0.05) is 22.7 Å². The Kier molecular flexibility index (Phi) is 4.35. The Morgan fingerprint density at radius 2 is 1.64 bits per heavy atom. The van der Waals surface area contributed by atoms with Gasteiger partial charge in [0.25, 0.3) is 0 Å². The predicted molar refractivity (Wildman–Crippen MR) is 101 cm³/mol. The highest BCUT2D eigenvalue weighted by Crippen LogP contribution is 2.32. The molecule has 0 aliphatic rings. The summed E-state index contributed by atoms with van der Waals surface area (Å²) in [4.78, 5) is 8.33. The first-order valence-corrected chi connectivity index (χ1v) is 8.38. The second kappa shape index (κ2) is 6.84. The Labute approximate surface area is 158 Å². The maximum absolute atomic E-state index is 12.7. The maximum atomic E-state index is 12.7. The van der Waals surface area contributed by atoms with Gasteiger partial charge in [-0.15, -0.1) is 0 Å². The summed E-state index contributed by atoms with van der Waals surface area (Å²) in [5.41, 5.74) is 1.08. The number of phenols is 1. The van der Waals surface area contributed by atoms with Crippen molar-refractivity contribution >= 4 is 22.3 Å². The molecule has 0 unspecified atom stereocenters. The number of anilines is 2. The fourth-order valence-corrected chi connectivity index (χ4v) is 2.92. The van der Waals surface area contributed by atoms with Gasteiger partial charge in [0.1, 0.15) is 17.9 Å². The molecule has 2 N–H and O–H groups in total. The number of hydrogen-bond donors (Lipinski definition) is 2.